The monoisotopic (exact) mass is 256 g/mol. The standard InChI is InChI=1S/C16H8N4/c17-7-13(8-18)15-5-6-16(14(9-19)10-20)12-2-1-11(15)3-4-12/h1-4H,5-6H2. The Kier molecular flexibility index (Phi) is 3.63. The Bertz CT molecular complexity index is 680. The highest BCUT2D eigenvalue weighted by atomic mass is 14.3. The zero-order valence-corrected chi connectivity index (χ0v) is 10.5. The highest BCUT2D eigenvalue weighted by Gasteiger charge is 2.17. The van der Waals surface area contributed by atoms with E-state index in [0.29, 0.717) is 24.0 Å². The van der Waals surface area contributed by atoms with Crippen molar-refractivity contribution in [2.45, 2.75) is 12.8 Å². The van der Waals surface area contributed by atoms with Crippen LogP contribution < -0.4 is 0 Å². The summed E-state index contributed by atoms with van der Waals surface area (Å²) in [4.78, 5) is 0. The first-order valence-corrected chi connectivity index (χ1v) is 5.92. The first-order chi connectivity index (χ1) is 9.74. The van der Waals surface area contributed by atoms with Crippen LogP contribution in [0.15, 0.2) is 35.4 Å². The molecule has 1 aromatic rings. The van der Waals surface area contributed by atoms with Gasteiger partial charge in [0.1, 0.15) is 35.4 Å². The summed E-state index contributed by atoms with van der Waals surface area (Å²) in [5.41, 5.74) is 3.15. The van der Waals surface area contributed by atoms with Gasteiger partial charge in [0.25, 0.3) is 0 Å². The summed E-state index contributed by atoms with van der Waals surface area (Å²) in [6.07, 6.45) is 0.929. The van der Waals surface area contributed by atoms with Crippen molar-refractivity contribution < 1.29 is 0 Å². The van der Waals surface area contributed by atoms with Crippen LogP contribution in [0.1, 0.15) is 24.0 Å². The van der Waals surface area contributed by atoms with Gasteiger partial charge in [-0.05, 0) is 35.1 Å². The third-order valence-corrected chi connectivity index (χ3v) is 3.26. The molecule has 0 saturated heterocycles. The fourth-order valence-corrected chi connectivity index (χ4v) is 2.27. The Balaban J connectivity index is 2.70. The Labute approximate surface area is 116 Å². The molecule has 0 saturated carbocycles. The van der Waals surface area contributed by atoms with Crippen LogP contribution in [0.5, 0.6) is 0 Å². The molecule has 4 heteroatoms. The topological polar surface area (TPSA) is 95.2 Å². The Morgan fingerprint density at radius 1 is 0.650 bits per heavy atom. The fourth-order valence-electron chi connectivity index (χ4n) is 2.27. The molecule has 0 N–H and O–H groups in total. The molecule has 0 spiro atoms. The van der Waals surface area contributed by atoms with Crippen molar-refractivity contribution in [1.29, 1.82) is 21.0 Å². The summed E-state index contributed by atoms with van der Waals surface area (Å²) < 4.78 is 0. The predicted octanol–water partition coefficient (Wildman–Crippen LogP) is 3.08. The molecule has 0 aromatic heterocycles. The summed E-state index contributed by atoms with van der Waals surface area (Å²) in [5, 5.41) is 36.1. The summed E-state index contributed by atoms with van der Waals surface area (Å²) in [6, 6.07) is 14.8. The fraction of sp³-hybridized carbons (Fsp3) is 0.125. The van der Waals surface area contributed by atoms with Gasteiger partial charge >= 0.3 is 0 Å². The van der Waals surface area contributed by atoms with Crippen LogP contribution in [-0.2, 0) is 0 Å². The van der Waals surface area contributed by atoms with Gasteiger partial charge in [-0.15, -0.1) is 0 Å². The maximum atomic E-state index is 9.02. The molecule has 0 aliphatic heterocycles. The van der Waals surface area contributed by atoms with Gasteiger partial charge in [-0.2, -0.15) is 21.0 Å². The zero-order chi connectivity index (χ0) is 14.5. The smallest absolute Gasteiger partial charge is 0.133 e. The van der Waals surface area contributed by atoms with E-state index in [0.717, 1.165) is 11.1 Å². The maximum Gasteiger partial charge on any atom is 0.133 e. The lowest BCUT2D eigenvalue weighted by Crippen LogP contribution is -1.99. The molecule has 0 radical (unpaired) electrons. The third kappa shape index (κ3) is 2.15. The second kappa shape index (κ2) is 5.53. The first-order valence-electron chi connectivity index (χ1n) is 5.92. The molecule has 0 heterocycles. The maximum absolute atomic E-state index is 9.02. The largest absolute Gasteiger partial charge is 0.192 e. The molecular weight excluding hydrogens is 248 g/mol. The van der Waals surface area contributed by atoms with Crippen molar-refractivity contribution in [2.75, 3.05) is 0 Å². The molecule has 0 fully saturated rings. The molecule has 2 bridgehead atoms. The molecule has 0 amide bonds. The van der Waals surface area contributed by atoms with Crippen molar-refractivity contribution in [3.05, 3.63) is 46.5 Å². The van der Waals surface area contributed by atoms with Gasteiger partial charge in [0.15, 0.2) is 0 Å². The Morgan fingerprint density at radius 2 is 0.950 bits per heavy atom. The number of hydrogen-bond donors (Lipinski definition) is 0. The predicted molar refractivity (Wildman–Crippen MR) is 72.0 cm³/mol. The van der Waals surface area contributed by atoms with Gasteiger partial charge in [-0.3, -0.25) is 0 Å². The van der Waals surface area contributed by atoms with Crippen molar-refractivity contribution in [3.63, 3.8) is 0 Å². The van der Waals surface area contributed by atoms with E-state index in [1.807, 2.05) is 48.5 Å². The van der Waals surface area contributed by atoms with Gasteiger partial charge in [0.05, 0.1) is 0 Å². The molecule has 4 nitrogen and oxygen atoms in total. The van der Waals surface area contributed by atoms with Crippen molar-refractivity contribution >= 4 is 11.1 Å². The van der Waals surface area contributed by atoms with Crippen LogP contribution in [0.3, 0.4) is 0 Å². The summed E-state index contributed by atoms with van der Waals surface area (Å²) in [7, 11) is 0. The number of allylic oxidation sites excluding steroid dienone is 4. The van der Waals surface area contributed by atoms with Gasteiger partial charge in [-0.25, -0.2) is 0 Å². The van der Waals surface area contributed by atoms with Crippen LogP contribution >= 0.6 is 0 Å². The van der Waals surface area contributed by atoms with Crippen molar-refractivity contribution in [2.24, 2.45) is 0 Å². The lowest BCUT2D eigenvalue weighted by molar-refractivity contribution is 1.06. The second-order valence-corrected chi connectivity index (χ2v) is 4.23. The van der Waals surface area contributed by atoms with E-state index in [9.17, 15) is 0 Å². The van der Waals surface area contributed by atoms with Crippen molar-refractivity contribution in [3.8, 4) is 24.3 Å². The van der Waals surface area contributed by atoms with Crippen LogP contribution in [0.2, 0.25) is 0 Å². The summed E-state index contributed by atoms with van der Waals surface area (Å²) in [6.45, 7) is 0. The number of rotatable bonds is 0. The molecule has 92 valence electrons. The lowest BCUT2D eigenvalue weighted by atomic mass is 9.86. The highest BCUT2D eigenvalue weighted by molar-refractivity contribution is 5.83. The lowest BCUT2D eigenvalue weighted by Gasteiger charge is -2.16. The number of fused-ring (bicyclic) bond motifs is 5. The van der Waals surface area contributed by atoms with Gasteiger partial charge in [-0.1, -0.05) is 24.3 Å². The molecule has 2 aliphatic carbocycles. The second-order valence-electron chi connectivity index (χ2n) is 4.23. The first kappa shape index (κ1) is 13.1. The van der Waals surface area contributed by atoms with Gasteiger partial charge in [0.2, 0.25) is 0 Å². The number of nitriles is 4. The third-order valence-electron chi connectivity index (χ3n) is 3.26. The van der Waals surface area contributed by atoms with Crippen molar-refractivity contribution in [1.82, 2.24) is 0 Å². The Morgan fingerprint density at radius 3 is 1.20 bits per heavy atom. The average molecular weight is 256 g/mol. The van der Waals surface area contributed by atoms with E-state index in [1.54, 1.807) is 0 Å². The summed E-state index contributed by atoms with van der Waals surface area (Å²) in [5.74, 6) is 0. The van der Waals surface area contributed by atoms with E-state index in [4.69, 9.17) is 21.0 Å². The van der Waals surface area contributed by atoms with Crippen LogP contribution in [0.4, 0.5) is 0 Å². The summed E-state index contributed by atoms with van der Waals surface area (Å²) >= 11 is 0. The quantitative estimate of drug-likeness (QED) is 0.666. The minimum absolute atomic E-state index is 0.0782. The molecule has 1 aromatic carbocycles. The SMILES string of the molecule is N#CC(C#N)=C1CCC(=C(C#N)C#N)c2ccc1cc2. The molecule has 0 unspecified atom stereocenters. The molecular formula is C16H8N4. The van der Waals surface area contributed by atoms with Crippen LogP contribution in [0.25, 0.3) is 11.1 Å². The van der Waals surface area contributed by atoms with E-state index in [-0.39, 0.29) is 11.1 Å². The molecule has 0 atom stereocenters. The van der Waals surface area contributed by atoms with Gasteiger partial charge in [0, 0.05) is 0 Å². The molecule has 2 aliphatic rings. The number of hydrogen-bond acceptors (Lipinski definition) is 4. The number of nitrogens with zero attached hydrogens (tertiary/aromatic N) is 4. The zero-order valence-electron chi connectivity index (χ0n) is 10.5. The van der Waals surface area contributed by atoms with Crippen LogP contribution in [0, 0.1) is 45.3 Å². The average Bonchev–Trinajstić information content (AvgIpc) is 2.48. The van der Waals surface area contributed by atoms with E-state index >= 15 is 0 Å². The minimum atomic E-state index is 0.0782. The minimum Gasteiger partial charge on any atom is -0.192 e. The number of benzene rings is 1. The van der Waals surface area contributed by atoms with E-state index < -0.39 is 0 Å². The highest BCUT2D eigenvalue weighted by Crippen LogP contribution is 2.34. The van der Waals surface area contributed by atoms with Crippen LogP contribution in [-0.4, -0.2) is 0 Å². The van der Waals surface area contributed by atoms with Gasteiger partial charge < -0.3 is 0 Å². The van der Waals surface area contributed by atoms with E-state index in [2.05, 4.69) is 0 Å². The molecule has 20 heavy (non-hydrogen) atoms. The van der Waals surface area contributed by atoms with E-state index in [1.165, 1.54) is 0 Å². The molecule has 3 rings (SSSR count). The Hall–Kier alpha value is -3.34. The normalized spacial score (nSPS) is 12.2.